The van der Waals surface area contributed by atoms with Crippen LogP contribution in [-0.2, 0) is 10.2 Å². The van der Waals surface area contributed by atoms with Gasteiger partial charge in [-0.25, -0.2) is 9.44 Å². The van der Waals surface area contributed by atoms with Gasteiger partial charge in [0.1, 0.15) is 0 Å². The van der Waals surface area contributed by atoms with Crippen molar-refractivity contribution in [2.75, 3.05) is 26.7 Å². The lowest BCUT2D eigenvalue weighted by atomic mass is 9.97. The molecule has 6 heteroatoms. The lowest BCUT2D eigenvalue weighted by Gasteiger charge is -2.26. The highest BCUT2D eigenvalue weighted by Crippen LogP contribution is 2.11. The Labute approximate surface area is 85.8 Å². The first-order valence-electron chi connectivity index (χ1n) is 5.03. The Morgan fingerprint density at radius 2 is 2.07 bits per heavy atom. The fraction of sp³-hybridized carbons (Fsp3) is 1.00. The fourth-order valence-electron chi connectivity index (χ4n) is 1.39. The molecule has 0 saturated carbocycles. The van der Waals surface area contributed by atoms with Gasteiger partial charge in [-0.15, -0.1) is 0 Å². The van der Waals surface area contributed by atoms with E-state index in [1.807, 2.05) is 0 Å². The van der Waals surface area contributed by atoms with E-state index >= 15 is 0 Å². The second-order valence-corrected chi connectivity index (χ2v) is 5.33. The summed E-state index contributed by atoms with van der Waals surface area (Å²) in [4.78, 5) is 0. The van der Waals surface area contributed by atoms with Crippen LogP contribution in [0.15, 0.2) is 0 Å². The molecule has 0 aromatic heterocycles. The zero-order chi connectivity index (χ0) is 10.4. The highest BCUT2D eigenvalue weighted by molar-refractivity contribution is 7.87. The van der Waals surface area contributed by atoms with Gasteiger partial charge in [0.2, 0.25) is 0 Å². The molecule has 0 bridgehead atoms. The SMILES string of the molecule is CNS(=O)(=O)NCCCCC1CNC1. The number of unbranched alkanes of at least 4 members (excludes halogenated alkanes) is 1. The lowest BCUT2D eigenvalue weighted by Crippen LogP contribution is -2.41. The molecule has 0 radical (unpaired) electrons. The van der Waals surface area contributed by atoms with Crippen LogP contribution >= 0.6 is 0 Å². The third-order valence-corrected chi connectivity index (χ3v) is 3.59. The maximum atomic E-state index is 10.9. The van der Waals surface area contributed by atoms with Crippen LogP contribution in [0.3, 0.4) is 0 Å². The van der Waals surface area contributed by atoms with Crippen LogP contribution in [0.25, 0.3) is 0 Å². The van der Waals surface area contributed by atoms with Gasteiger partial charge in [0.15, 0.2) is 0 Å². The standard InChI is InChI=1S/C8H19N3O2S/c1-9-14(12,13)11-5-3-2-4-8-6-10-7-8/h8-11H,2-7H2,1H3. The van der Waals surface area contributed by atoms with Crippen LogP contribution in [0.1, 0.15) is 19.3 Å². The van der Waals surface area contributed by atoms with Crippen molar-refractivity contribution in [3.05, 3.63) is 0 Å². The molecular formula is C8H19N3O2S. The molecule has 1 rings (SSSR count). The number of hydrogen-bond donors (Lipinski definition) is 3. The van der Waals surface area contributed by atoms with Gasteiger partial charge in [-0.2, -0.15) is 8.42 Å². The van der Waals surface area contributed by atoms with Crippen molar-refractivity contribution in [2.45, 2.75) is 19.3 Å². The van der Waals surface area contributed by atoms with Crippen LogP contribution in [-0.4, -0.2) is 35.1 Å². The van der Waals surface area contributed by atoms with Crippen molar-refractivity contribution < 1.29 is 8.42 Å². The van der Waals surface area contributed by atoms with Gasteiger partial charge in [0, 0.05) is 13.6 Å². The molecule has 0 amide bonds. The molecule has 0 unspecified atom stereocenters. The van der Waals surface area contributed by atoms with Gasteiger partial charge >= 0.3 is 0 Å². The molecule has 3 N–H and O–H groups in total. The first-order valence-corrected chi connectivity index (χ1v) is 6.51. The number of rotatable bonds is 7. The summed E-state index contributed by atoms with van der Waals surface area (Å²) in [7, 11) is -1.82. The Bertz CT molecular complexity index is 249. The molecule has 5 nitrogen and oxygen atoms in total. The molecule has 0 aliphatic carbocycles. The predicted octanol–water partition coefficient (Wildman–Crippen LogP) is -0.570. The Hall–Kier alpha value is -0.170. The van der Waals surface area contributed by atoms with E-state index in [0.717, 1.165) is 31.8 Å². The first kappa shape index (κ1) is 11.9. The van der Waals surface area contributed by atoms with Crippen LogP contribution in [0.5, 0.6) is 0 Å². The summed E-state index contributed by atoms with van der Waals surface area (Å²) in [6, 6.07) is 0. The average molecular weight is 221 g/mol. The van der Waals surface area contributed by atoms with E-state index in [4.69, 9.17) is 0 Å². The quantitative estimate of drug-likeness (QED) is 0.504. The lowest BCUT2D eigenvalue weighted by molar-refractivity contribution is 0.318. The van der Waals surface area contributed by atoms with Crippen molar-refractivity contribution in [3.8, 4) is 0 Å². The minimum absolute atomic E-state index is 0.531. The summed E-state index contributed by atoms with van der Waals surface area (Å²) in [6.45, 7) is 2.79. The van der Waals surface area contributed by atoms with Crippen molar-refractivity contribution in [3.63, 3.8) is 0 Å². The molecule has 0 atom stereocenters. The van der Waals surface area contributed by atoms with Crippen LogP contribution in [0, 0.1) is 5.92 Å². The number of hydrogen-bond acceptors (Lipinski definition) is 3. The van der Waals surface area contributed by atoms with Gasteiger partial charge in [-0.05, 0) is 31.8 Å². The van der Waals surface area contributed by atoms with E-state index in [0.29, 0.717) is 6.54 Å². The molecule has 1 saturated heterocycles. The molecule has 1 aliphatic heterocycles. The van der Waals surface area contributed by atoms with Crippen molar-refractivity contribution in [1.82, 2.24) is 14.8 Å². The zero-order valence-corrected chi connectivity index (χ0v) is 9.36. The summed E-state index contributed by atoms with van der Waals surface area (Å²) in [5.74, 6) is 0.816. The fourth-order valence-corrected chi connectivity index (χ4v) is 1.95. The third-order valence-electron chi connectivity index (χ3n) is 2.47. The maximum Gasteiger partial charge on any atom is 0.276 e. The smallest absolute Gasteiger partial charge is 0.276 e. The molecule has 14 heavy (non-hydrogen) atoms. The molecule has 1 heterocycles. The Kier molecular flexibility index (Phi) is 4.80. The van der Waals surface area contributed by atoms with E-state index in [2.05, 4.69) is 14.8 Å². The minimum Gasteiger partial charge on any atom is -0.316 e. The van der Waals surface area contributed by atoms with E-state index < -0.39 is 10.2 Å². The minimum atomic E-state index is -3.22. The Morgan fingerprint density at radius 1 is 1.36 bits per heavy atom. The summed E-state index contributed by atoms with van der Waals surface area (Å²) in [6.07, 6.45) is 3.21. The third kappa shape index (κ3) is 4.36. The normalized spacial score (nSPS) is 18.1. The second kappa shape index (κ2) is 5.65. The largest absolute Gasteiger partial charge is 0.316 e. The molecule has 1 aliphatic rings. The van der Waals surface area contributed by atoms with Gasteiger partial charge in [0.25, 0.3) is 10.2 Å². The average Bonchev–Trinajstić information content (AvgIpc) is 2.08. The summed E-state index contributed by atoms with van der Waals surface area (Å²) >= 11 is 0. The summed E-state index contributed by atoms with van der Waals surface area (Å²) < 4.78 is 26.5. The highest BCUT2D eigenvalue weighted by atomic mass is 32.2. The number of nitrogens with one attached hydrogen (secondary N) is 3. The van der Waals surface area contributed by atoms with Crippen molar-refractivity contribution in [1.29, 1.82) is 0 Å². The van der Waals surface area contributed by atoms with Crippen LogP contribution in [0.4, 0.5) is 0 Å². The molecule has 84 valence electrons. The van der Waals surface area contributed by atoms with Gasteiger partial charge < -0.3 is 5.32 Å². The van der Waals surface area contributed by atoms with Gasteiger partial charge in [0.05, 0.1) is 0 Å². The van der Waals surface area contributed by atoms with E-state index in [1.165, 1.54) is 13.5 Å². The molecular weight excluding hydrogens is 202 g/mol. The van der Waals surface area contributed by atoms with Gasteiger partial charge in [-0.3, -0.25) is 0 Å². The molecule has 1 fully saturated rings. The molecule has 0 aromatic rings. The monoisotopic (exact) mass is 221 g/mol. The highest BCUT2D eigenvalue weighted by Gasteiger charge is 2.15. The Morgan fingerprint density at radius 3 is 2.57 bits per heavy atom. The van der Waals surface area contributed by atoms with Crippen molar-refractivity contribution >= 4 is 10.2 Å². The molecule has 0 aromatic carbocycles. The predicted molar refractivity (Wildman–Crippen MR) is 56.2 cm³/mol. The topological polar surface area (TPSA) is 70.2 Å². The first-order chi connectivity index (χ1) is 6.64. The summed E-state index contributed by atoms with van der Waals surface area (Å²) in [5, 5.41) is 3.21. The van der Waals surface area contributed by atoms with E-state index in [-0.39, 0.29) is 0 Å². The van der Waals surface area contributed by atoms with Crippen LogP contribution in [0.2, 0.25) is 0 Å². The van der Waals surface area contributed by atoms with Gasteiger partial charge in [-0.1, -0.05) is 6.42 Å². The maximum absolute atomic E-state index is 10.9. The molecule has 0 spiro atoms. The van der Waals surface area contributed by atoms with E-state index in [1.54, 1.807) is 0 Å². The Balaban J connectivity index is 1.93. The van der Waals surface area contributed by atoms with Crippen LogP contribution < -0.4 is 14.8 Å². The summed E-state index contributed by atoms with van der Waals surface area (Å²) in [5.41, 5.74) is 0. The van der Waals surface area contributed by atoms with Crippen molar-refractivity contribution in [2.24, 2.45) is 5.92 Å². The zero-order valence-electron chi connectivity index (χ0n) is 8.54. The second-order valence-electron chi connectivity index (χ2n) is 3.62. The van der Waals surface area contributed by atoms with E-state index in [9.17, 15) is 8.42 Å².